The molecule has 0 amide bonds. The Kier molecular flexibility index (Phi) is 2.91. The zero-order chi connectivity index (χ0) is 11.5. The number of methoxy groups -OCH3 is 1. The molecule has 7 nitrogen and oxygen atoms in total. The molecule has 2 aromatic rings. The molecule has 0 aliphatic carbocycles. The van der Waals surface area contributed by atoms with E-state index < -0.39 is 0 Å². The molecule has 0 saturated heterocycles. The molecule has 0 aromatic carbocycles. The van der Waals surface area contributed by atoms with Gasteiger partial charge in [-0.3, -0.25) is 0 Å². The first-order valence-electron chi connectivity index (χ1n) is 4.40. The Balaban J connectivity index is 2.28. The Morgan fingerprint density at radius 1 is 1.38 bits per heavy atom. The van der Waals surface area contributed by atoms with Crippen molar-refractivity contribution in [2.45, 2.75) is 10.3 Å². The van der Waals surface area contributed by atoms with E-state index in [-0.39, 0.29) is 12.0 Å². The third-order valence-electron chi connectivity index (χ3n) is 1.75. The Bertz CT molecular complexity index is 499. The number of aryl methyl sites for hydroxylation is 1. The van der Waals surface area contributed by atoms with Crippen LogP contribution in [0.15, 0.2) is 22.7 Å². The summed E-state index contributed by atoms with van der Waals surface area (Å²) in [6, 6.07) is 0.198. The second kappa shape index (κ2) is 4.35. The molecule has 0 spiro atoms. The van der Waals surface area contributed by atoms with Gasteiger partial charge in [0, 0.05) is 19.4 Å². The van der Waals surface area contributed by atoms with E-state index in [1.807, 2.05) is 17.8 Å². The molecule has 84 valence electrons. The lowest BCUT2D eigenvalue weighted by Crippen LogP contribution is -2.02. The molecule has 0 atom stereocenters. The molecule has 0 aliphatic heterocycles. The Morgan fingerprint density at radius 3 is 2.81 bits per heavy atom. The van der Waals surface area contributed by atoms with Gasteiger partial charge in [0.2, 0.25) is 11.1 Å². The van der Waals surface area contributed by atoms with E-state index in [4.69, 9.17) is 10.5 Å². The number of imidazole rings is 1. The number of anilines is 1. The van der Waals surface area contributed by atoms with E-state index in [0.717, 1.165) is 5.16 Å². The van der Waals surface area contributed by atoms with E-state index in [2.05, 4.69) is 19.9 Å². The summed E-state index contributed by atoms with van der Waals surface area (Å²) in [5.41, 5.74) is 5.52. The van der Waals surface area contributed by atoms with Crippen LogP contribution < -0.4 is 10.5 Å². The van der Waals surface area contributed by atoms with Crippen molar-refractivity contribution in [1.82, 2.24) is 24.5 Å². The monoisotopic (exact) mass is 238 g/mol. The molecular formula is C8H10N6OS. The zero-order valence-corrected chi connectivity index (χ0v) is 9.60. The number of hydrogen-bond donors (Lipinski definition) is 1. The van der Waals surface area contributed by atoms with Gasteiger partial charge in [-0.2, -0.15) is 15.0 Å². The van der Waals surface area contributed by atoms with Crippen molar-refractivity contribution in [2.75, 3.05) is 12.8 Å². The van der Waals surface area contributed by atoms with Crippen LogP contribution in [0.4, 0.5) is 5.95 Å². The predicted molar refractivity (Wildman–Crippen MR) is 58.1 cm³/mol. The number of ether oxygens (including phenoxy) is 1. The predicted octanol–water partition coefficient (Wildman–Crippen LogP) is 0.347. The fourth-order valence-electron chi connectivity index (χ4n) is 1.02. The summed E-state index contributed by atoms with van der Waals surface area (Å²) < 4.78 is 6.76. The lowest BCUT2D eigenvalue weighted by molar-refractivity contribution is 0.374. The SMILES string of the molecule is COc1nc(N)nc(Sc2nccn2C)n1. The number of hydrogen-bond acceptors (Lipinski definition) is 7. The van der Waals surface area contributed by atoms with Crippen molar-refractivity contribution in [3.8, 4) is 6.01 Å². The molecular weight excluding hydrogens is 228 g/mol. The van der Waals surface area contributed by atoms with Crippen LogP contribution in [0.5, 0.6) is 6.01 Å². The van der Waals surface area contributed by atoms with Gasteiger partial charge in [-0.15, -0.1) is 0 Å². The topological polar surface area (TPSA) is 91.7 Å². The van der Waals surface area contributed by atoms with Gasteiger partial charge < -0.3 is 15.0 Å². The van der Waals surface area contributed by atoms with Gasteiger partial charge in [0.05, 0.1) is 7.11 Å². The highest BCUT2D eigenvalue weighted by Gasteiger charge is 2.08. The normalized spacial score (nSPS) is 10.4. The van der Waals surface area contributed by atoms with E-state index in [1.54, 1.807) is 6.20 Å². The second-order valence-corrected chi connectivity index (χ2v) is 3.82. The highest BCUT2D eigenvalue weighted by Crippen LogP contribution is 2.23. The number of nitrogens with two attached hydrogens (primary N) is 1. The van der Waals surface area contributed by atoms with E-state index in [9.17, 15) is 0 Å². The molecule has 0 radical (unpaired) electrons. The third-order valence-corrected chi connectivity index (χ3v) is 2.69. The van der Waals surface area contributed by atoms with Gasteiger partial charge in [0.15, 0.2) is 5.16 Å². The van der Waals surface area contributed by atoms with E-state index in [1.165, 1.54) is 18.9 Å². The largest absolute Gasteiger partial charge is 0.467 e. The smallest absolute Gasteiger partial charge is 0.321 e. The lowest BCUT2D eigenvalue weighted by atomic mass is 10.9. The van der Waals surface area contributed by atoms with Crippen LogP contribution in [0.2, 0.25) is 0 Å². The molecule has 8 heteroatoms. The summed E-state index contributed by atoms with van der Waals surface area (Å²) in [6.45, 7) is 0. The lowest BCUT2D eigenvalue weighted by Gasteiger charge is -2.02. The van der Waals surface area contributed by atoms with Crippen LogP contribution in [-0.2, 0) is 7.05 Å². The van der Waals surface area contributed by atoms with Gasteiger partial charge in [-0.1, -0.05) is 0 Å². The number of rotatable bonds is 3. The molecule has 0 fully saturated rings. The first kappa shape index (κ1) is 10.7. The van der Waals surface area contributed by atoms with Crippen LogP contribution in [0.3, 0.4) is 0 Å². The Morgan fingerprint density at radius 2 is 2.19 bits per heavy atom. The van der Waals surface area contributed by atoms with Crippen molar-refractivity contribution in [2.24, 2.45) is 7.05 Å². The second-order valence-electron chi connectivity index (χ2n) is 2.89. The molecule has 2 rings (SSSR count). The summed E-state index contributed by atoms with van der Waals surface area (Å²) in [5.74, 6) is 0.128. The maximum Gasteiger partial charge on any atom is 0.321 e. The minimum atomic E-state index is 0.128. The molecule has 0 saturated carbocycles. The van der Waals surface area contributed by atoms with Gasteiger partial charge in [0.25, 0.3) is 0 Å². The van der Waals surface area contributed by atoms with Crippen LogP contribution in [0.1, 0.15) is 0 Å². The number of nitrogens with zero attached hydrogens (tertiary/aromatic N) is 5. The fourth-order valence-corrected chi connectivity index (χ4v) is 1.77. The van der Waals surface area contributed by atoms with Crippen molar-refractivity contribution in [3.05, 3.63) is 12.4 Å². The molecule has 2 heterocycles. The highest BCUT2D eigenvalue weighted by molar-refractivity contribution is 7.99. The van der Waals surface area contributed by atoms with Gasteiger partial charge >= 0.3 is 6.01 Å². The minimum Gasteiger partial charge on any atom is -0.467 e. The van der Waals surface area contributed by atoms with Crippen molar-refractivity contribution < 1.29 is 4.74 Å². The molecule has 0 unspecified atom stereocenters. The van der Waals surface area contributed by atoms with Gasteiger partial charge in [-0.25, -0.2) is 4.98 Å². The zero-order valence-electron chi connectivity index (χ0n) is 8.78. The van der Waals surface area contributed by atoms with Crippen LogP contribution in [-0.4, -0.2) is 31.6 Å². The van der Waals surface area contributed by atoms with Crippen molar-refractivity contribution >= 4 is 17.7 Å². The summed E-state index contributed by atoms with van der Waals surface area (Å²) in [4.78, 5) is 16.0. The first-order valence-corrected chi connectivity index (χ1v) is 5.21. The number of nitrogen functional groups attached to an aromatic ring is 1. The molecule has 0 bridgehead atoms. The van der Waals surface area contributed by atoms with E-state index >= 15 is 0 Å². The summed E-state index contributed by atoms with van der Waals surface area (Å²) in [5, 5.41) is 1.23. The maximum atomic E-state index is 5.52. The fraction of sp³-hybridized carbons (Fsp3) is 0.250. The van der Waals surface area contributed by atoms with Crippen LogP contribution >= 0.6 is 11.8 Å². The van der Waals surface area contributed by atoms with Gasteiger partial charge in [-0.05, 0) is 11.8 Å². The minimum absolute atomic E-state index is 0.128. The summed E-state index contributed by atoms with van der Waals surface area (Å²) in [7, 11) is 3.36. The van der Waals surface area contributed by atoms with Crippen LogP contribution in [0.25, 0.3) is 0 Å². The van der Waals surface area contributed by atoms with Crippen molar-refractivity contribution in [1.29, 1.82) is 0 Å². The average molecular weight is 238 g/mol. The Hall–Kier alpha value is -1.83. The van der Waals surface area contributed by atoms with Crippen molar-refractivity contribution in [3.63, 3.8) is 0 Å². The maximum absolute atomic E-state index is 5.52. The third kappa shape index (κ3) is 2.22. The Labute approximate surface area is 96.1 Å². The quantitative estimate of drug-likeness (QED) is 0.824. The standard InChI is InChI=1S/C8H10N6OS/c1-14-4-3-10-8(14)16-7-12-5(9)11-6(13-7)15-2/h3-4H,1-2H3,(H2,9,11,12,13). The van der Waals surface area contributed by atoms with Gasteiger partial charge in [0.1, 0.15) is 0 Å². The molecule has 0 aliphatic rings. The molecule has 16 heavy (non-hydrogen) atoms. The molecule has 2 aromatic heterocycles. The highest BCUT2D eigenvalue weighted by atomic mass is 32.2. The summed E-state index contributed by atoms with van der Waals surface area (Å²) >= 11 is 1.29. The average Bonchev–Trinajstić information content (AvgIpc) is 2.63. The van der Waals surface area contributed by atoms with E-state index in [0.29, 0.717) is 5.16 Å². The van der Waals surface area contributed by atoms with Crippen LogP contribution in [0, 0.1) is 0 Å². The first-order chi connectivity index (χ1) is 7.69. The number of aromatic nitrogens is 5. The summed E-state index contributed by atoms with van der Waals surface area (Å²) in [6.07, 6.45) is 3.54. The molecule has 2 N–H and O–H groups in total.